The number of hydrogen-bond donors (Lipinski definition) is 1. The van der Waals surface area contributed by atoms with Crippen LogP contribution in [0.1, 0.15) is 37.6 Å². The highest BCUT2D eigenvalue weighted by molar-refractivity contribution is 7.09. The molecule has 0 aliphatic rings. The van der Waals surface area contributed by atoms with Gasteiger partial charge in [0.1, 0.15) is 0 Å². The zero-order valence-electron chi connectivity index (χ0n) is 14.4. The lowest BCUT2D eigenvalue weighted by Gasteiger charge is -2.22. The minimum Gasteiger partial charge on any atom is -0.331 e. The van der Waals surface area contributed by atoms with E-state index >= 15 is 0 Å². The quantitative estimate of drug-likeness (QED) is 0.838. The highest BCUT2D eigenvalue weighted by atomic mass is 32.1. The first-order chi connectivity index (χ1) is 11.5. The van der Waals surface area contributed by atoms with Crippen LogP contribution in [0.25, 0.3) is 5.69 Å². The molecule has 0 bridgehead atoms. The number of nitrogens with zero attached hydrogens (tertiary/aromatic N) is 2. The number of amides is 2. The van der Waals surface area contributed by atoms with Gasteiger partial charge in [-0.05, 0) is 51.5 Å². The second kappa shape index (κ2) is 7.03. The summed E-state index contributed by atoms with van der Waals surface area (Å²) in [7, 11) is 0. The summed E-state index contributed by atoms with van der Waals surface area (Å²) in [5.41, 5.74) is -0.588. The van der Waals surface area contributed by atoms with Gasteiger partial charge in [-0.25, -0.2) is 4.79 Å². The molecule has 25 heavy (non-hydrogen) atoms. The van der Waals surface area contributed by atoms with Gasteiger partial charge in [0.25, 0.3) is 0 Å². The Morgan fingerprint density at radius 2 is 1.84 bits per heavy atom. The SMILES string of the molecule is CCC(C)(C)NC(=O)N=c1sc(C)cn1-c1ccc(C(F)(F)F)cc1. The molecular weight excluding hydrogens is 351 g/mol. The zero-order chi connectivity index (χ0) is 18.8. The number of hydrogen-bond acceptors (Lipinski definition) is 2. The number of thiazole rings is 1. The van der Waals surface area contributed by atoms with Crippen molar-refractivity contribution in [1.29, 1.82) is 0 Å². The van der Waals surface area contributed by atoms with E-state index in [1.165, 1.54) is 23.5 Å². The van der Waals surface area contributed by atoms with E-state index in [2.05, 4.69) is 10.3 Å². The van der Waals surface area contributed by atoms with Gasteiger partial charge in [-0.1, -0.05) is 6.92 Å². The molecular formula is C17H20F3N3OS. The van der Waals surface area contributed by atoms with Crippen LogP contribution in [0.5, 0.6) is 0 Å². The lowest BCUT2D eigenvalue weighted by atomic mass is 10.0. The highest BCUT2D eigenvalue weighted by Crippen LogP contribution is 2.29. The normalized spacial score (nSPS) is 13.2. The lowest BCUT2D eigenvalue weighted by Crippen LogP contribution is -2.42. The Kier molecular flexibility index (Phi) is 5.41. The van der Waals surface area contributed by atoms with E-state index in [0.717, 1.165) is 23.4 Å². The van der Waals surface area contributed by atoms with Gasteiger partial charge in [0.05, 0.1) is 5.56 Å². The van der Waals surface area contributed by atoms with Gasteiger partial charge in [0, 0.05) is 22.3 Å². The van der Waals surface area contributed by atoms with Gasteiger partial charge in [-0.3, -0.25) is 4.57 Å². The molecule has 1 aromatic heterocycles. The third kappa shape index (κ3) is 4.94. The van der Waals surface area contributed by atoms with Crippen LogP contribution < -0.4 is 10.1 Å². The fourth-order valence-corrected chi connectivity index (χ4v) is 2.85. The minimum atomic E-state index is -4.38. The molecule has 2 rings (SSSR count). The van der Waals surface area contributed by atoms with Gasteiger partial charge in [-0.2, -0.15) is 18.2 Å². The van der Waals surface area contributed by atoms with Crippen LogP contribution >= 0.6 is 11.3 Å². The molecule has 0 aliphatic heterocycles. The van der Waals surface area contributed by atoms with Gasteiger partial charge in [0.2, 0.25) is 0 Å². The summed E-state index contributed by atoms with van der Waals surface area (Å²) in [5.74, 6) is 0. The number of aryl methyl sites for hydroxylation is 1. The summed E-state index contributed by atoms with van der Waals surface area (Å²) in [4.78, 5) is 17.5. The Morgan fingerprint density at radius 3 is 2.36 bits per heavy atom. The number of carbonyl (C=O) groups excluding carboxylic acids is 1. The van der Waals surface area contributed by atoms with E-state index in [0.29, 0.717) is 10.5 Å². The molecule has 0 saturated carbocycles. The van der Waals surface area contributed by atoms with Crippen molar-refractivity contribution in [3.05, 3.63) is 45.7 Å². The van der Waals surface area contributed by atoms with E-state index in [9.17, 15) is 18.0 Å². The topological polar surface area (TPSA) is 46.4 Å². The van der Waals surface area contributed by atoms with Gasteiger partial charge in [-0.15, -0.1) is 11.3 Å². The second-order valence-electron chi connectivity index (χ2n) is 6.32. The van der Waals surface area contributed by atoms with Crippen LogP contribution in [0.15, 0.2) is 35.5 Å². The molecule has 0 spiro atoms. The van der Waals surface area contributed by atoms with Gasteiger partial charge < -0.3 is 5.32 Å². The first kappa shape index (κ1) is 19.2. The van der Waals surface area contributed by atoms with Crippen molar-refractivity contribution < 1.29 is 18.0 Å². The Labute approximate surface area is 148 Å². The van der Waals surface area contributed by atoms with Crippen LogP contribution in [-0.2, 0) is 6.18 Å². The van der Waals surface area contributed by atoms with Crippen LogP contribution in [0.4, 0.5) is 18.0 Å². The van der Waals surface area contributed by atoms with Crippen molar-refractivity contribution in [2.24, 2.45) is 4.99 Å². The third-order valence-electron chi connectivity index (χ3n) is 3.77. The zero-order valence-corrected chi connectivity index (χ0v) is 15.3. The van der Waals surface area contributed by atoms with Crippen LogP contribution in [0.2, 0.25) is 0 Å². The van der Waals surface area contributed by atoms with Crippen molar-refractivity contribution in [2.45, 2.75) is 45.8 Å². The first-order valence-electron chi connectivity index (χ1n) is 7.75. The van der Waals surface area contributed by atoms with E-state index in [1.807, 2.05) is 27.7 Å². The third-order valence-corrected chi connectivity index (χ3v) is 4.67. The molecule has 0 atom stereocenters. The van der Waals surface area contributed by atoms with Crippen LogP contribution in [-0.4, -0.2) is 16.1 Å². The van der Waals surface area contributed by atoms with Gasteiger partial charge >= 0.3 is 12.2 Å². The second-order valence-corrected chi connectivity index (χ2v) is 7.53. The molecule has 8 heteroatoms. The molecule has 2 aromatic rings. The fraction of sp³-hybridized carbons (Fsp3) is 0.412. The number of benzene rings is 1. The van der Waals surface area contributed by atoms with Crippen molar-refractivity contribution in [3.63, 3.8) is 0 Å². The summed E-state index contributed by atoms with van der Waals surface area (Å²) in [5, 5.41) is 2.81. The molecule has 2 amide bonds. The summed E-state index contributed by atoms with van der Waals surface area (Å²) in [6.45, 7) is 7.59. The van der Waals surface area contributed by atoms with E-state index < -0.39 is 17.8 Å². The maximum atomic E-state index is 12.7. The highest BCUT2D eigenvalue weighted by Gasteiger charge is 2.30. The average Bonchev–Trinajstić information content (AvgIpc) is 2.86. The monoisotopic (exact) mass is 371 g/mol. The molecule has 1 aromatic carbocycles. The van der Waals surface area contributed by atoms with Crippen molar-refractivity contribution in [1.82, 2.24) is 9.88 Å². The molecule has 1 N–H and O–H groups in total. The molecule has 0 aliphatic carbocycles. The minimum absolute atomic E-state index is 0.383. The van der Waals surface area contributed by atoms with E-state index in [-0.39, 0.29) is 5.54 Å². The first-order valence-corrected chi connectivity index (χ1v) is 8.57. The molecule has 136 valence electrons. The largest absolute Gasteiger partial charge is 0.416 e. The van der Waals surface area contributed by atoms with Crippen LogP contribution in [0, 0.1) is 6.92 Å². The summed E-state index contributed by atoms with van der Waals surface area (Å²) < 4.78 is 39.7. The molecule has 0 radical (unpaired) electrons. The standard InChI is InChI=1S/C17H20F3N3OS/c1-5-16(3,4)22-14(24)21-15-23(10-11(2)25-15)13-8-6-12(7-9-13)17(18,19)20/h6-10H,5H2,1-4H3,(H,22,24). The molecule has 0 saturated heterocycles. The summed E-state index contributed by atoms with van der Waals surface area (Å²) in [6, 6.07) is 4.28. The smallest absolute Gasteiger partial charge is 0.331 e. The number of urea groups is 1. The Hall–Kier alpha value is -2.09. The molecule has 0 fully saturated rings. The fourth-order valence-electron chi connectivity index (χ4n) is 2.02. The van der Waals surface area contributed by atoms with Crippen molar-refractivity contribution in [2.75, 3.05) is 0 Å². The summed E-state index contributed by atoms with van der Waals surface area (Å²) >= 11 is 1.29. The van der Waals surface area contributed by atoms with Crippen molar-refractivity contribution in [3.8, 4) is 5.69 Å². The average molecular weight is 371 g/mol. The van der Waals surface area contributed by atoms with Gasteiger partial charge in [0.15, 0.2) is 4.80 Å². The lowest BCUT2D eigenvalue weighted by molar-refractivity contribution is -0.137. The Balaban J connectivity index is 2.38. The number of alkyl halides is 3. The summed E-state index contributed by atoms with van der Waals surface area (Å²) in [6.07, 6.45) is -1.90. The molecule has 1 heterocycles. The maximum Gasteiger partial charge on any atom is 0.416 e. The molecule has 4 nitrogen and oxygen atoms in total. The predicted octanol–water partition coefficient (Wildman–Crippen LogP) is 4.66. The number of rotatable bonds is 3. The predicted molar refractivity (Wildman–Crippen MR) is 91.8 cm³/mol. The van der Waals surface area contributed by atoms with Crippen molar-refractivity contribution >= 4 is 17.4 Å². The number of aromatic nitrogens is 1. The number of nitrogens with one attached hydrogen (secondary N) is 1. The van der Waals surface area contributed by atoms with E-state index in [1.54, 1.807) is 10.8 Å². The Bertz CT molecular complexity index is 817. The van der Waals surface area contributed by atoms with Crippen LogP contribution in [0.3, 0.4) is 0 Å². The molecule has 0 unspecified atom stereocenters. The number of halogens is 3. The van der Waals surface area contributed by atoms with E-state index in [4.69, 9.17) is 0 Å². The Morgan fingerprint density at radius 1 is 1.24 bits per heavy atom. The number of carbonyl (C=O) groups is 1. The maximum absolute atomic E-state index is 12.7.